The zero-order valence-corrected chi connectivity index (χ0v) is 18.6. The molecule has 0 radical (unpaired) electrons. The molecule has 4 aromatic rings. The van der Waals surface area contributed by atoms with Gasteiger partial charge < -0.3 is 20.4 Å². The fraction of sp³-hybridized carbons (Fsp3) is 0.273. The molecule has 1 aromatic carbocycles. The van der Waals surface area contributed by atoms with E-state index in [0.717, 1.165) is 29.1 Å². The number of hydrogen-bond acceptors (Lipinski definition) is 7. The van der Waals surface area contributed by atoms with Gasteiger partial charge in [-0.05, 0) is 31.9 Å². The number of H-pyrrole nitrogens is 1. The van der Waals surface area contributed by atoms with E-state index in [2.05, 4.69) is 30.6 Å². The summed E-state index contributed by atoms with van der Waals surface area (Å²) in [6.45, 7) is 1.91. The fourth-order valence-electron chi connectivity index (χ4n) is 3.49. The monoisotopic (exact) mass is 470 g/mol. The molecule has 1 saturated carbocycles. The Hall–Kier alpha value is -3.60. The number of nitrogens with zero attached hydrogens (tertiary/aromatic N) is 3. The lowest BCUT2D eigenvalue weighted by atomic mass is 10.1. The number of aromatic amines is 1. The van der Waals surface area contributed by atoms with Crippen LogP contribution in [0.4, 0.5) is 26.0 Å². The van der Waals surface area contributed by atoms with Gasteiger partial charge in [-0.25, -0.2) is 23.7 Å². The van der Waals surface area contributed by atoms with Gasteiger partial charge in [-0.15, -0.1) is 11.3 Å². The predicted molar refractivity (Wildman–Crippen MR) is 122 cm³/mol. The molecule has 3 aromatic heterocycles. The van der Waals surface area contributed by atoms with Crippen molar-refractivity contribution in [3.05, 3.63) is 41.2 Å². The molecule has 0 atom stereocenters. The molecule has 11 heteroatoms. The molecule has 3 heterocycles. The number of hydrogen-bond donors (Lipinski definition) is 3. The Morgan fingerprint density at radius 2 is 2.06 bits per heavy atom. The minimum absolute atomic E-state index is 0.0316. The van der Waals surface area contributed by atoms with Crippen molar-refractivity contribution in [3.63, 3.8) is 0 Å². The molecule has 1 aliphatic rings. The zero-order chi connectivity index (χ0) is 23.1. The SMILES string of the molecule is COc1c(Nc2cc(NC(=O)C3CC3)nc3[nH]c(C(F)F)nc23)cccc1-c1nc(C)cs1. The minimum Gasteiger partial charge on any atom is -0.494 e. The fourth-order valence-corrected chi connectivity index (χ4v) is 4.31. The van der Waals surface area contributed by atoms with Crippen molar-refractivity contribution >= 4 is 45.6 Å². The lowest BCUT2D eigenvalue weighted by Gasteiger charge is -2.15. The average molecular weight is 471 g/mol. The largest absolute Gasteiger partial charge is 0.494 e. The number of rotatable bonds is 7. The van der Waals surface area contributed by atoms with Crippen LogP contribution in [0.2, 0.25) is 0 Å². The van der Waals surface area contributed by atoms with E-state index in [1.54, 1.807) is 19.2 Å². The molecule has 170 valence electrons. The van der Waals surface area contributed by atoms with Crippen LogP contribution >= 0.6 is 11.3 Å². The van der Waals surface area contributed by atoms with E-state index in [9.17, 15) is 13.6 Å². The Morgan fingerprint density at radius 1 is 1.24 bits per heavy atom. The first-order valence-electron chi connectivity index (χ1n) is 10.3. The van der Waals surface area contributed by atoms with Crippen LogP contribution in [-0.2, 0) is 4.79 Å². The van der Waals surface area contributed by atoms with E-state index in [0.29, 0.717) is 17.1 Å². The van der Waals surface area contributed by atoms with E-state index < -0.39 is 12.2 Å². The van der Waals surface area contributed by atoms with Gasteiger partial charge in [0, 0.05) is 23.1 Å². The first kappa shape index (κ1) is 21.3. The maximum Gasteiger partial charge on any atom is 0.295 e. The molecule has 0 spiro atoms. The van der Waals surface area contributed by atoms with Crippen LogP contribution in [0.5, 0.6) is 5.75 Å². The number of carbonyl (C=O) groups excluding carboxylic acids is 1. The predicted octanol–water partition coefficient (Wildman–Crippen LogP) is 5.43. The first-order chi connectivity index (χ1) is 15.9. The van der Waals surface area contributed by atoms with Crippen molar-refractivity contribution in [1.82, 2.24) is 19.9 Å². The molecule has 5 rings (SSSR count). The Labute approximate surface area is 191 Å². The van der Waals surface area contributed by atoms with Crippen molar-refractivity contribution in [1.29, 1.82) is 0 Å². The number of carbonyl (C=O) groups is 1. The Morgan fingerprint density at radius 3 is 2.73 bits per heavy atom. The molecular formula is C22H20F2N6O2S. The summed E-state index contributed by atoms with van der Waals surface area (Å²) in [6, 6.07) is 7.13. The van der Waals surface area contributed by atoms with Crippen LogP contribution in [0.25, 0.3) is 21.7 Å². The van der Waals surface area contributed by atoms with Crippen LogP contribution < -0.4 is 15.4 Å². The van der Waals surface area contributed by atoms with Gasteiger partial charge in [0.1, 0.15) is 16.3 Å². The molecule has 0 bridgehead atoms. The first-order valence-corrected chi connectivity index (χ1v) is 11.2. The maximum atomic E-state index is 13.3. The molecule has 0 saturated heterocycles. The second-order valence-corrected chi connectivity index (χ2v) is 8.60. The number of fused-ring (bicyclic) bond motifs is 1. The summed E-state index contributed by atoms with van der Waals surface area (Å²) in [6.07, 6.45) is -1.12. The van der Waals surface area contributed by atoms with Crippen LogP contribution in [0.15, 0.2) is 29.6 Å². The van der Waals surface area contributed by atoms with Crippen LogP contribution in [0.3, 0.4) is 0 Å². The summed E-state index contributed by atoms with van der Waals surface area (Å²) in [5.74, 6) is 0.128. The molecule has 3 N–H and O–H groups in total. The maximum absolute atomic E-state index is 13.3. The smallest absolute Gasteiger partial charge is 0.295 e. The van der Waals surface area contributed by atoms with Crippen LogP contribution in [0.1, 0.15) is 30.8 Å². The summed E-state index contributed by atoms with van der Waals surface area (Å²) < 4.78 is 32.3. The number of imidazole rings is 1. The number of ether oxygens (including phenoxy) is 1. The van der Waals surface area contributed by atoms with Crippen molar-refractivity contribution in [3.8, 4) is 16.3 Å². The number of aromatic nitrogens is 4. The molecule has 33 heavy (non-hydrogen) atoms. The quantitative estimate of drug-likeness (QED) is 0.333. The zero-order valence-electron chi connectivity index (χ0n) is 17.8. The van der Waals surface area contributed by atoms with Crippen molar-refractivity contribution in [2.75, 3.05) is 17.7 Å². The summed E-state index contributed by atoms with van der Waals surface area (Å²) in [5, 5.41) is 8.74. The van der Waals surface area contributed by atoms with Crippen molar-refractivity contribution < 1.29 is 18.3 Å². The normalized spacial score (nSPS) is 13.5. The van der Waals surface area contributed by atoms with Crippen LogP contribution in [0, 0.1) is 12.8 Å². The number of halogens is 2. The number of aryl methyl sites for hydroxylation is 1. The number of nitrogens with one attached hydrogen (secondary N) is 3. The highest BCUT2D eigenvalue weighted by Crippen LogP contribution is 2.40. The number of amides is 1. The molecule has 0 unspecified atom stereocenters. The third kappa shape index (κ3) is 4.23. The Balaban J connectivity index is 1.58. The highest BCUT2D eigenvalue weighted by molar-refractivity contribution is 7.13. The Kier molecular flexibility index (Phi) is 5.41. The third-order valence-electron chi connectivity index (χ3n) is 5.22. The summed E-state index contributed by atoms with van der Waals surface area (Å²) in [4.78, 5) is 27.6. The highest BCUT2D eigenvalue weighted by Gasteiger charge is 2.30. The lowest BCUT2D eigenvalue weighted by molar-refractivity contribution is -0.117. The van der Waals surface area contributed by atoms with Gasteiger partial charge >= 0.3 is 0 Å². The number of para-hydroxylation sites is 1. The van der Waals surface area contributed by atoms with E-state index >= 15 is 0 Å². The van der Waals surface area contributed by atoms with Gasteiger partial charge in [-0.3, -0.25) is 4.79 Å². The summed E-state index contributed by atoms with van der Waals surface area (Å²) in [5.41, 5.74) is 3.07. The van der Waals surface area contributed by atoms with Crippen molar-refractivity contribution in [2.45, 2.75) is 26.2 Å². The standard InChI is InChI=1S/C22H20F2N6O2S/c1-10-9-33-22(25-10)12-4-3-5-13(17(12)32-2)26-14-8-15(28-21(31)11-6-7-11)27-19-16(14)29-20(30-19)18(23)24/h3-5,8-9,11,18H,6-7H2,1-2H3,(H3,26,27,28,29,30,31). The average Bonchev–Trinajstić information content (AvgIpc) is 3.41. The van der Waals surface area contributed by atoms with E-state index in [4.69, 9.17) is 4.74 Å². The van der Waals surface area contributed by atoms with Crippen LogP contribution in [-0.4, -0.2) is 33.0 Å². The highest BCUT2D eigenvalue weighted by atomic mass is 32.1. The van der Waals surface area contributed by atoms with E-state index in [1.807, 2.05) is 24.4 Å². The topological polar surface area (TPSA) is 105 Å². The second kappa shape index (κ2) is 8.39. The number of alkyl halides is 2. The summed E-state index contributed by atoms with van der Waals surface area (Å²) >= 11 is 1.50. The lowest BCUT2D eigenvalue weighted by Crippen LogP contribution is -2.14. The molecule has 1 aliphatic carbocycles. The molecule has 1 fully saturated rings. The molecular weight excluding hydrogens is 450 g/mol. The number of anilines is 3. The molecule has 8 nitrogen and oxygen atoms in total. The molecule has 1 amide bonds. The van der Waals surface area contributed by atoms with E-state index in [-0.39, 0.29) is 28.8 Å². The third-order valence-corrected chi connectivity index (χ3v) is 6.21. The van der Waals surface area contributed by atoms with Gasteiger partial charge in [0.05, 0.1) is 24.0 Å². The second-order valence-electron chi connectivity index (χ2n) is 7.74. The summed E-state index contributed by atoms with van der Waals surface area (Å²) in [7, 11) is 1.55. The number of pyridine rings is 1. The Bertz CT molecular complexity index is 1350. The minimum atomic E-state index is -2.79. The van der Waals surface area contributed by atoms with Gasteiger partial charge in [0.25, 0.3) is 6.43 Å². The van der Waals surface area contributed by atoms with Gasteiger partial charge in [0.2, 0.25) is 5.91 Å². The van der Waals surface area contributed by atoms with Gasteiger partial charge in [0.15, 0.2) is 17.2 Å². The van der Waals surface area contributed by atoms with Crippen molar-refractivity contribution in [2.24, 2.45) is 5.92 Å². The van der Waals surface area contributed by atoms with Gasteiger partial charge in [-0.1, -0.05) is 6.07 Å². The van der Waals surface area contributed by atoms with E-state index in [1.165, 1.54) is 11.3 Å². The molecule has 0 aliphatic heterocycles. The number of methoxy groups -OCH3 is 1. The number of thiazole rings is 1. The van der Waals surface area contributed by atoms with Gasteiger partial charge in [-0.2, -0.15) is 0 Å². The number of benzene rings is 1.